The molecule has 0 aliphatic heterocycles. The molecule has 0 aliphatic rings. The van der Waals surface area contributed by atoms with Gasteiger partial charge < -0.3 is 4.74 Å². The van der Waals surface area contributed by atoms with Crippen molar-refractivity contribution in [2.75, 3.05) is 6.61 Å². The molecule has 0 amide bonds. The molecule has 0 atom stereocenters. The SMILES string of the molecule is CC(=O)COC([O])=O. The Morgan fingerprint density at radius 2 is 2.00 bits per heavy atom. The lowest BCUT2D eigenvalue weighted by Gasteiger charge is -1.89. The molecule has 0 rings (SSSR count). The summed E-state index contributed by atoms with van der Waals surface area (Å²) in [5.41, 5.74) is 0. The first-order valence-electron chi connectivity index (χ1n) is 1.96. The van der Waals surface area contributed by atoms with Gasteiger partial charge in [-0.05, 0) is 6.92 Å². The van der Waals surface area contributed by atoms with Crippen molar-refractivity contribution in [3.05, 3.63) is 0 Å². The predicted molar refractivity (Wildman–Crippen MR) is 22.7 cm³/mol. The van der Waals surface area contributed by atoms with Gasteiger partial charge in [0.05, 0.1) is 0 Å². The predicted octanol–water partition coefficient (Wildman–Crippen LogP) is 0.143. The van der Waals surface area contributed by atoms with Gasteiger partial charge in [-0.1, -0.05) is 0 Å². The molecule has 0 aromatic carbocycles. The van der Waals surface area contributed by atoms with Crippen LogP contribution >= 0.6 is 0 Å². The van der Waals surface area contributed by atoms with Crippen molar-refractivity contribution in [2.24, 2.45) is 0 Å². The van der Waals surface area contributed by atoms with Crippen LogP contribution in [0.5, 0.6) is 0 Å². The quantitative estimate of drug-likeness (QED) is 0.483. The molecular weight excluding hydrogens is 112 g/mol. The Morgan fingerprint density at radius 1 is 1.50 bits per heavy atom. The lowest BCUT2D eigenvalue weighted by Crippen LogP contribution is -2.07. The van der Waals surface area contributed by atoms with Gasteiger partial charge >= 0.3 is 6.16 Å². The van der Waals surface area contributed by atoms with Crippen LogP contribution in [0.15, 0.2) is 0 Å². The smallest absolute Gasteiger partial charge is 0.424 e. The normalized spacial score (nSPS) is 8.12. The second kappa shape index (κ2) is 3.01. The molecule has 1 radical (unpaired) electrons. The van der Waals surface area contributed by atoms with Crippen LogP contribution in [0.25, 0.3) is 0 Å². The molecule has 0 bridgehead atoms. The van der Waals surface area contributed by atoms with Crippen molar-refractivity contribution in [3.63, 3.8) is 0 Å². The maximum absolute atomic E-state index is 9.93. The number of rotatable bonds is 2. The molecule has 0 saturated carbocycles. The Kier molecular flexibility index (Phi) is 2.61. The van der Waals surface area contributed by atoms with Gasteiger partial charge in [0.1, 0.15) is 0 Å². The summed E-state index contributed by atoms with van der Waals surface area (Å²) in [5, 5.41) is 9.42. The summed E-state index contributed by atoms with van der Waals surface area (Å²) in [7, 11) is 0. The van der Waals surface area contributed by atoms with E-state index in [1.54, 1.807) is 0 Å². The van der Waals surface area contributed by atoms with Crippen LogP contribution in [0.3, 0.4) is 0 Å². The first kappa shape index (κ1) is 6.94. The average molecular weight is 117 g/mol. The first-order chi connectivity index (χ1) is 3.63. The third-order valence-corrected chi connectivity index (χ3v) is 0.393. The molecule has 0 unspecified atom stereocenters. The van der Waals surface area contributed by atoms with Crippen molar-refractivity contribution >= 4 is 11.9 Å². The van der Waals surface area contributed by atoms with Crippen LogP contribution in [0.4, 0.5) is 4.79 Å². The monoisotopic (exact) mass is 117 g/mol. The molecule has 0 aromatic rings. The van der Waals surface area contributed by atoms with E-state index in [4.69, 9.17) is 0 Å². The number of hydrogen-bond acceptors (Lipinski definition) is 3. The lowest BCUT2D eigenvalue weighted by molar-refractivity contribution is -0.120. The minimum Gasteiger partial charge on any atom is -0.424 e. The molecule has 4 nitrogen and oxygen atoms in total. The minimum atomic E-state index is -1.67. The number of ether oxygens (including phenoxy) is 1. The van der Waals surface area contributed by atoms with E-state index in [0.29, 0.717) is 0 Å². The van der Waals surface area contributed by atoms with Gasteiger partial charge in [-0.25, -0.2) is 0 Å². The van der Waals surface area contributed by atoms with E-state index >= 15 is 0 Å². The Hall–Kier alpha value is -1.06. The third kappa shape index (κ3) is 4.94. The molecule has 0 N–H and O–H groups in total. The van der Waals surface area contributed by atoms with Crippen molar-refractivity contribution in [3.8, 4) is 0 Å². The van der Waals surface area contributed by atoms with Gasteiger partial charge in [0.2, 0.25) is 0 Å². The summed E-state index contributed by atoms with van der Waals surface area (Å²) >= 11 is 0. The minimum absolute atomic E-state index is 0.339. The highest BCUT2D eigenvalue weighted by Gasteiger charge is 1.99. The van der Waals surface area contributed by atoms with Gasteiger partial charge in [-0.15, -0.1) is 0 Å². The van der Waals surface area contributed by atoms with E-state index in [9.17, 15) is 14.7 Å². The second-order valence-electron chi connectivity index (χ2n) is 1.24. The van der Waals surface area contributed by atoms with Gasteiger partial charge in [-0.3, -0.25) is 4.79 Å². The summed E-state index contributed by atoms with van der Waals surface area (Å²) in [6.07, 6.45) is -1.67. The summed E-state index contributed by atoms with van der Waals surface area (Å²) in [6.45, 7) is 0.811. The van der Waals surface area contributed by atoms with E-state index in [1.165, 1.54) is 6.92 Å². The Bertz CT molecular complexity index is 92.6. The fourth-order valence-electron chi connectivity index (χ4n) is 0.161. The average Bonchev–Trinajstić information content (AvgIpc) is 1.61. The zero-order chi connectivity index (χ0) is 6.57. The van der Waals surface area contributed by atoms with Crippen molar-refractivity contribution in [1.82, 2.24) is 0 Å². The zero-order valence-electron chi connectivity index (χ0n) is 4.34. The molecule has 0 fully saturated rings. The van der Waals surface area contributed by atoms with Gasteiger partial charge in [0.25, 0.3) is 0 Å². The Balaban J connectivity index is 3.18. The highest BCUT2D eigenvalue weighted by molar-refractivity contribution is 5.78. The topological polar surface area (TPSA) is 63.3 Å². The largest absolute Gasteiger partial charge is 0.550 e. The fourth-order valence-corrected chi connectivity index (χ4v) is 0.161. The van der Waals surface area contributed by atoms with Crippen LogP contribution in [0.1, 0.15) is 6.92 Å². The highest BCUT2D eigenvalue weighted by Crippen LogP contribution is 1.76. The number of ketones is 1. The Morgan fingerprint density at radius 3 is 2.12 bits per heavy atom. The molecular formula is C4H5O4. The fraction of sp³-hybridized carbons (Fsp3) is 0.500. The molecule has 0 aliphatic carbocycles. The van der Waals surface area contributed by atoms with Crippen molar-refractivity contribution < 1.29 is 19.4 Å². The van der Waals surface area contributed by atoms with Crippen LogP contribution in [-0.2, 0) is 14.6 Å². The van der Waals surface area contributed by atoms with Crippen LogP contribution in [0, 0.1) is 0 Å². The summed E-state index contributed by atoms with van der Waals surface area (Å²) < 4.78 is 3.76. The van der Waals surface area contributed by atoms with E-state index in [1.807, 2.05) is 0 Å². The first-order valence-corrected chi connectivity index (χ1v) is 1.96. The molecule has 0 heterocycles. The number of hydrogen-bond donors (Lipinski definition) is 0. The number of Topliss-reactive ketones (excluding diaryl/α,β-unsaturated/α-hetero) is 1. The molecule has 0 aromatic heterocycles. The summed E-state index contributed by atoms with van der Waals surface area (Å²) in [6, 6.07) is 0. The molecule has 4 heteroatoms. The molecule has 8 heavy (non-hydrogen) atoms. The van der Waals surface area contributed by atoms with E-state index in [-0.39, 0.29) is 5.78 Å². The maximum Gasteiger partial charge on any atom is 0.550 e. The highest BCUT2D eigenvalue weighted by atomic mass is 16.7. The van der Waals surface area contributed by atoms with Gasteiger partial charge in [0, 0.05) is 0 Å². The molecule has 0 spiro atoms. The van der Waals surface area contributed by atoms with Crippen LogP contribution < -0.4 is 0 Å². The molecule has 45 valence electrons. The third-order valence-electron chi connectivity index (χ3n) is 0.393. The maximum atomic E-state index is 9.93. The van der Waals surface area contributed by atoms with Crippen LogP contribution in [-0.4, -0.2) is 18.5 Å². The van der Waals surface area contributed by atoms with Gasteiger partial charge in [0.15, 0.2) is 12.4 Å². The van der Waals surface area contributed by atoms with Crippen molar-refractivity contribution in [2.45, 2.75) is 6.92 Å². The van der Waals surface area contributed by atoms with Gasteiger partial charge in [-0.2, -0.15) is 9.90 Å². The zero-order valence-corrected chi connectivity index (χ0v) is 4.34. The summed E-state index contributed by atoms with van der Waals surface area (Å²) in [5.74, 6) is -0.339. The van der Waals surface area contributed by atoms with Crippen molar-refractivity contribution in [1.29, 1.82) is 0 Å². The second-order valence-corrected chi connectivity index (χ2v) is 1.24. The Labute approximate surface area is 46.1 Å². The lowest BCUT2D eigenvalue weighted by atomic mass is 10.5. The number of carbonyl (C=O) groups is 2. The van der Waals surface area contributed by atoms with E-state index in [0.717, 1.165) is 0 Å². The van der Waals surface area contributed by atoms with Crippen LogP contribution in [0.2, 0.25) is 0 Å². The standard InChI is InChI=1S/C4H5O4/c1-3(5)2-8-4(6)7/h2H2,1H3. The summed E-state index contributed by atoms with van der Waals surface area (Å²) in [4.78, 5) is 19.4. The van der Waals surface area contributed by atoms with E-state index in [2.05, 4.69) is 4.74 Å². The number of carbonyl (C=O) groups excluding carboxylic acids is 2. The molecule has 0 saturated heterocycles. The van der Waals surface area contributed by atoms with E-state index < -0.39 is 12.8 Å².